The van der Waals surface area contributed by atoms with E-state index in [-0.39, 0.29) is 11.2 Å². The van der Waals surface area contributed by atoms with Crippen molar-refractivity contribution in [2.24, 2.45) is 0 Å². The van der Waals surface area contributed by atoms with Gasteiger partial charge < -0.3 is 5.73 Å². The lowest BCUT2D eigenvalue weighted by atomic mass is 10.1. The molecule has 5 heteroatoms. The molecule has 0 spiro atoms. The highest BCUT2D eigenvalue weighted by atomic mass is 79.9. The number of nitrogens with one attached hydrogen (secondary N) is 1. The summed E-state index contributed by atoms with van der Waals surface area (Å²) in [5.74, 6) is 0. The van der Waals surface area contributed by atoms with Crippen LogP contribution in [0.3, 0.4) is 0 Å². The van der Waals surface area contributed by atoms with E-state index >= 15 is 0 Å². The third kappa shape index (κ3) is 2.49. The monoisotopic (exact) mass is 279 g/mol. The number of hydrogen-bond acceptors (Lipinski definition) is 3. The molecule has 2 aromatic rings. The average molecular weight is 280 g/mol. The fraction of sp³-hybridized carbons (Fsp3) is 0.0909. The normalized spacial score (nSPS) is 10.3. The zero-order valence-corrected chi connectivity index (χ0v) is 9.99. The van der Waals surface area contributed by atoms with Crippen LogP contribution in [0.15, 0.2) is 39.6 Å². The van der Waals surface area contributed by atoms with Crippen LogP contribution in [0.25, 0.3) is 0 Å². The van der Waals surface area contributed by atoms with E-state index in [1.807, 2.05) is 24.3 Å². The van der Waals surface area contributed by atoms with Gasteiger partial charge in [0, 0.05) is 10.9 Å². The smallest absolute Gasteiger partial charge is 0.287 e. The van der Waals surface area contributed by atoms with Gasteiger partial charge in [0.05, 0.1) is 5.69 Å². The van der Waals surface area contributed by atoms with E-state index in [9.17, 15) is 4.79 Å². The number of nitrogens with two attached hydrogens (primary N) is 1. The molecule has 4 nitrogen and oxygen atoms in total. The van der Waals surface area contributed by atoms with Gasteiger partial charge in [-0.05, 0) is 23.8 Å². The first-order valence-electron chi connectivity index (χ1n) is 4.73. The van der Waals surface area contributed by atoms with Crippen LogP contribution in [0.5, 0.6) is 0 Å². The molecule has 1 aromatic carbocycles. The Labute approximate surface area is 101 Å². The van der Waals surface area contributed by atoms with Gasteiger partial charge in [-0.2, -0.15) is 5.10 Å². The Balaban J connectivity index is 2.23. The standard InChI is InChI=1S/C11H10BrN3O/c12-8-3-1-7(2-4-8)5-9-6-10(13)11(16)15-14-9/h1-4,6H,5H2,(H2,13,14)(H,15,16). The van der Waals surface area contributed by atoms with Crippen LogP contribution < -0.4 is 11.3 Å². The van der Waals surface area contributed by atoms with Gasteiger partial charge in [-0.1, -0.05) is 28.1 Å². The van der Waals surface area contributed by atoms with Crippen LogP contribution in [0, 0.1) is 0 Å². The minimum absolute atomic E-state index is 0.196. The minimum Gasteiger partial charge on any atom is -0.394 e. The van der Waals surface area contributed by atoms with Gasteiger partial charge in [0.25, 0.3) is 5.56 Å². The van der Waals surface area contributed by atoms with Crippen LogP contribution in [0.2, 0.25) is 0 Å². The lowest BCUT2D eigenvalue weighted by Gasteiger charge is -2.01. The molecule has 2 rings (SSSR count). The molecule has 0 saturated carbocycles. The molecule has 1 heterocycles. The van der Waals surface area contributed by atoms with Gasteiger partial charge in [-0.25, -0.2) is 5.10 Å². The number of aromatic nitrogens is 2. The molecular weight excluding hydrogens is 270 g/mol. The number of benzene rings is 1. The van der Waals surface area contributed by atoms with E-state index in [0.717, 1.165) is 15.7 Å². The molecule has 16 heavy (non-hydrogen) atoms. The molecule has 0 amide bonds. The van der Waals surface area contributed by atoms with Crippen molar-refractivity contribution in [3.05, 3.63) is 56.4 Å². The van der Waals surface area contributed by atoms with Crippen LogP contribution in [0.4, 0.5) is 5.69 Å². The van der Waals surface area contributed by atoms with Crippen molar-refractivity contribution < 1.29 is 0 Å². The second-order valence-corrected chi connectivity index (χ2v) is 4.36. The largest absolute Gasteiger partial charge is 0.394 e. The number of hydrogen-bond donors (Lipinski definition) is 2. The summed E-state index contributed by atoms with van der Waals surface area (Å²) in [7, 11) is 0. The maximum atomic E-state index is 11.0. The van der Waals surface area contributed by atoms with Gasteiger partial charge in [0.2, 0.25) is 0 Å². The Morgan fingerprint density at radius 2 is 2.00 bits per heavy atom. The summed E-state index contributed by atoms with van der Waals surface area (Å²) < 4.78 is 1.03. The molecule has 0 radical (unpaired) electrons. The topological polar surface area (TPSA) is 71.8 Å². The van der Waals surface area contributed by atoms with Crippen LogP contribution in [0.1, 0.15) is 11.3 Å². The number of H-pyrrole nitrogens is 1. The van der Waals surface area contributed by atoms with E-state index in [2.05, 4.69) is 26.1 Å². The van der Waals surface area contributed by atoms with Crippen molar-refractivity contribution in [1.82, 2.24) is 10.2 Å². The molecule has 0 atom stereocenters. The third-order valence-electron chi connectivity index (χ3n) is 2.18. The fourth-order valence-corrected chi connectivity index (χ4v) is 1.63. The predicted octanol–water partition coefficient (Wildman–Crippen LogP) is 1.71. The molecule has 1 aromatic heterocycles. The lowest BCUT2D eigenvalue weighted by Crippen LogP contribution is -2.14. The molecule has 0 aliphatic heterocycles. The van der Waals surface area contributed by atoms with E-state index in [1.54, 1.807) is 6.07 Å². The summed E-state index contributed by atoms with van der Waals surface area (Å²) in [5.41, 5.74) is 7.22. The molecule has 0 aliphatic rings. The summed E-state index contributed by atoms with van der Waals surface area (Å²) in [6.45, 7) is 0. The molecule has 3 N–H and O–H groups in total. The molecule has 82 valence electrons. The third-order valence-corrected chi connectivity index (χ3v) is 2.71. The quantitative estimate of drug-likeness (QED) is 0.879. The van der Waals surface area contributed by atoms with Crippen molar-refractivity contribution in [1.29, 1.82) is 0 Å². The van der Waals surface area contributed by atoms with E-state index < -0.39 is 0 Å². The highest BCUT2D eigenvalue weighted by molar-refractivity contribution is 9.10. The maximum Gasteiger partial charge on any atom is 0.287 e. The summed E-state index contributed by atoms with van der Waals surface area (Å²) in [4.78, 5) is 11.0. The summed E-state index contributed by atoms with van der Waals surface area (Å²) in [6.07, 6.45) is 0.647. The van der Waals surface area contributed by atoms with Crippen molar-refractivity contribution in [3.8, 4) is 0 Å². The first-order valence-corrected chi connectivity index (χ1v) is 5.53. The Kier molecular flexibility index (Phi) is 3.05. The van der Waals surface area contributed by atoms with E-state index in [4.69, 9.17) is 5.73 Å². The Hall–Kier alpha value is -1.62. The first-order chi connectivity index (χ1) is 7.65. The number of anilines is 1. The molecular formula is C11H10BrN3O. The highest BCUT2D eigenvalue weighted by Crippen LogP contribution is 2.13. The van der Waals surface area contributed by atoms with Crippen LogP contribution in [-0.4, -0.2) is 10.2 Å². The fourth-order valence-electron chi connectivity index (χ4n) is 1.37. The first kappa shape index (κ1) is 10.9. The van der Waals surface area contributed by atoms with Gasteiger partial charge >= 0.3 is 0 Å². The number of nitrogen functional groups attached to an aromatic ring is 1. The van der Waals surface area contributed by atoms with Crippen molar-refractivity contribution in [2.75, 3.05) is 5.73 Å². The van der Waals surface area contributed by atoms with E-state index in [1.165, 1.54) is 0 Å². The van der Waals surface area contributed by atoms with Gasteiger partial charge in [0.1, 0.15) is 5.69 Å². The SMILES string of the molecule is Nc1cc(Cc2ccc(Br)cc2)n[nH]c1=O. The zero-order chi connectivity index (χ0) is 11.5. The van der Waals surface area contributed by atoms with Crippen LogP contribution in [-0.2, 0) is 6.42 Å². The second-order valence-electron chi connectivity index (χ2n) is 3.45. The van der Waals surface area contributed by atoms with Gasteiger partial charge in [0.15, 0.2) is 0 Å². The summed E-state index contributed by atoms with van der Waals surface area (Å²) in [5, 5.41) is 6.29. The highest BCUT2D eigenvalue weighted by Gasteiger charge is 2.01. The summed E-state index contributed by atoms with van der Waals surface area (Å²) >= 11 is 3.37. The molecule has 0 bridgehead atoms. The minimum atomic E-state index is -0.348. The Morgan fingerprint density at radius 3 is 2.62 bits per heavy atom. The number of halogens is 1. The zero-order valence-electron chi connectivity index (χ0n) is 8.40. The summed E-state index contributed by atoms with van der Waals surface area (Å²) in [6, 6.07) is 9.51. The lowest BCUT2D eigenvalue weighted by molar-refractivity contribution is 0.914. The Bertz CT molecular complexity index is 548. The van der Waals surface area contributed by atoms with E-state index in [0.29, 0.717) is 6.42 Å². The predicted molar refractivity (Wildman–Crippen MR) is 66.2 cm³/mol. The van der Waals surface area contributed by atoms with Gasteiger partial charge in [-0.3, -0.25) is 4.79 Å². The second kappa shape index (κ2) is 4.49. The molecule has 0 saturated heterocycles. The number of nitrogens with zero attached hydrogens (tertiary/aromatic N) is 1. The molecule has 0 unspecified atom stereocenters. The van der Waals surface area contributed by atoms with Gasteiger partial charge in [-0.15, -0.1) is 0 Å². The van der Waals surface area contributed by atoms with Crippen molar-refractivity contribution in [3.63, 3.8) is 0 Å². The Morgan fingerprint density at radius 1 is 1.31 bits per heavy atom. The van der Waals surface area contributed by atoms with Crippen molar-refractivity contribution in [2.45, 2.75) is 6.42 Å². The average Bonchev–Trinajstić information content (AvgIpc) is 2.27. The van der Waals surface area contributed by atoms with Crippen molar-refractivity contribution >= 4 is 21.6 Å². The maximum absolute atomic E-state index is 11.0. The number of rotatable bonds is 2. The van der Waals surface area contributed by atoms with Crippen LogP contribution >= 0.6 is 15.9 Å². The number of aromatic amines is 1. The molecule has 0 fully saturated rings. The molecule has 0 aliphatic carbocycles.